The number of hydrogen-bond donors (Lipinski definition) is 7. The first-order valence-electron chi connectivity index (χ1n) is 9.13. The van der Waals surface area contributed by atoms with Gasteiger partial charge in [0.25, 0.3) is 5.91 Å². The predicted octanol–water partition coefficient (Wildman–Crippen LogP) is -0.362. The number of anilines is 1. The molecule has 0 fully saturated rings. The Morgan fingerprint density at radius 3 is 2.00 bits per heavy atom. The molecule has 0 bridgehead atoms. The van der Waals surface area contributed by atoms with E-state index >= 15 is 0 Å². The van der Waals surface area contributed by atoms with E-state index in [1.54, 1.807) is 22.6 Å². The summed E-state index contributed by atoms with van der Waals surface area (Å²) in [5.41, 5.74) is 0.301. The summed E-state index contributed by atoms with van der Waals surface area (Å²) >= 11 is 5.51. The van der Waals surface area contributed by atoms with E-state index in [1.807, 2.05) is 45.2 Å². The summed E-state index contributed by atoms with van der Waals surface area (Å²) in [5, 5.41) is 47.6. The fourth-order valence-corrected chi connectivity index (χ4v) is 7.01. The van der Waals surface area contributed by atoms with Crippen LogP contribution in [0.3, 0.4) is 0 Å². The molecule has 0 saturated carbocycles. The molecule has 0 aliphatic carbocycles. The molecule has 7 N–H and O–H groups in total. The number of hydrogen-bond acceptors (Lipinski definition) is 9. The number of esters is 1. The fraction of sp³-hybridized carbons (Fsp3) is 0.500. The lowest BCUT2D eigenvalue weighted by Crippen LogP contribution is -2.50. The Morgan fingerprint density at radius 2 is 1.53 bits per heavy atom. The molecule has 32 heavy (non-hydrogen) atoms. The zero-order valence-electron chi connectivity index (χ0n) is 17.3. The van der Waals surface area contributed by atoms with Gasteiger partial charge in [-0.05, 0) is 74.8 Å². The van der Waals surface area contributed by atoms with E-state index in [0.717, 1.165) is 0 Å². The quantitative estimate of drug-likeness (QED) is 0.123. The van der Waals surface area contributed by atoms with Crippen molar-refractivity contribution in [3.8, 4) is 0 Å². The van der Waals surface area contributed by atoms with Gasteiger partial charge in [-0.1, -0.05) is 0 Å². The van der Waals surface area contributed by atoms with Gasteiger partial charge in [0.1, 0.15) is 12.2 Å². The van der Waals surface area contributed by atoms with Crippen molar-refractivity contribution in [3.63, 3.8) is 0 Å². The van der Waals surface area contributed by atoms with Gasteiger partial charge in [0.2, 0.25) is 5.91 Å². The number of carbonyl (C=O) groups is 3. The molecule has 0 aliphatic rings. The van der Waals surface area contributed by atoms with E-state index < -0.39 is 48.8 Å². The molecule has 0 aromatic heterocycles. The molecule has 1 aromatic carbocycles. The number of halogens is 3. The van der Waals surface area contributed by atoms with Gasteiger partial charge in [-0.2, -0.15) is 0 Å². The van der Waals surface area contributed by atoms with Crippen molar-refractivity contribution in [2.75, 3.05) is 32.6 Å². The molecule has 14 heteroatoms. The van der Waals surface area contributed by atoms with Crippen LogP contribution in [0.5, 0.6) is 0 Å². The Labute approximate surface area is 225 Å². The van der Waals surface area contributed by atoms with Crippen LogP contribution in [0.25, 0.3) is 0 Å². The topological polar surface area (TPSA) is 177 Å². The summed E-state index contributed by atoms with van der Waals surface area (Å²) in [4.78, 5) is 37.2. The Balaban J connectivity index is 3.45. The Bertz CT molecular complexity index is 871. The number of likely N-dealkylation sites (N-methyl/N-ethyl adjacent to an activating group) is 1. The summed E-state index contributed by atoms with van der Waals surface area (Å²) in [6.45, 7) is 0.388. The monoisotopic (exact) mass is 791 g/mol. The number of amides is 2. The summed E-state index contributed by atoms with van der Waals surface area (Å²) in [6.07, 6.45) is -6.45. The Kier molecular flexibility index (Phi) is 12.5. The molecule has 0 spiro atoms. The molecule has 0 heterocycles. The number of benzene rings is 1. The average molecular weight is 791 g/mol. The predicted molar refractivity (Wildman–Crippen MR) is 141 cm³/mol. The maximum atomic E-state index is 13.0. The molecule has 11 nitrogen and oxygen atoms in total. The van der Waals surface area contributed by atoms with Crippen LogP contribution >= 0.6 is 67.8 Å². The maximum Gasteiger partial charge on any atom is 0.340 e. The molecule has 1 rings (SSSR count). The van der Waals surface area contributed by atoms with Crippen molar-refractivity contribution in [1.29, 1.82) is 0 Å². The highest BCUT2D eigenvalue weighted by Crippen LogP contribution is 2.36. The van der Waals surface area contributed by atoms with Gasteiger partial charge < -0.3 is 41.1 Å². The molecule has 1 aromatic rings. The first-order valence-corrected chi connectivity index (χ1v) is 12.4. The maximum absolute atomic E-state index is 13.0. The second-order valence-electron chi connectivity index (χ2n) is 6.56. The van der Waals surface area contributed by atoms with E-state index in [1.165, 1.54) is 21.0 Å². The summed E-state index contributed by atoms with van der Waals surface area (Å²) in [6, 6.07) is 0. The third-order valence-corrected chi connectivity index (χ3v) is 7.49. The van der Waals surface area contributed by atoms with E-state index in [4.69, 9.17) is 4.74 Å². The van der Waals surface area contributed by atoms with Gasteiger partial charge in [0.05, 0.1) is 36.7 Å². The summed E-state index contributed by atoms with van der Waals surface area (Å²) in [7, 11) is 2.95. The number of carbonyl (C=O) groups excluding carboxylic acids is 3. The molecule has 2 amide bonds. The lowest BCUT2D eigenvalue weighted by molar-refractivity contribution is -0.118. The number of nitrogens with one attached hydrogen (secondary N) is 3. The average Bonchev–Trinajstić information content (AvgIpc) is 2.73. The smallest absolute Gasteiger partial charge is 0.340 e. The molecule has 4 atom stereocenters. The highest BCUT2D eigenvalue weighted by atomic mass is 127. The van der Waals surface area contributed by atoms with Gasteiger partial charge in [0, 0.05) is 24.1 Å². The van der Waals surface area contributed by atoms with Crippen LogP contribution in [0.4, 0.5) is 5.69 Å². The zero-order chi connectivity index (χ0) is 24.7. The molecule has 0 aliphatic heterocycles. The van der Waals surface area contributed by atoms with Gasteiger partial charge in [-0.3, -0.25) is 9.59 Å². The minimum absolute atomic E-state index is 0.0488. The molecule has 180 valence electrons. The van der Waals surface area contributed by atoms with E-state index in [0.29, 0.717) is 3.57 Å². The van der Waals surface area contributed by atoms with Gasteiger partial charge in [-0.25, -0.2) is 4.79 Å². The molecule has 0 saturated heterocycles. The van der Waals surface area contributed by atoms with Gasteiger partial charge in [-0.15, -0.1) is 0 Å². The molecular formula is C18H24I3N3O8. The van der Waals surface area contributed by atoms with Gasteiger partial charge >= 0.3 is 5.97 Å². The van der Waals surface area contributed by atoms with E-state index in [2.05, 4.69) is 16.0 Å². The second-order valence-corrected chi connectivity index (χ2v) is 9.80. The van der Waals surface area contributed by atoms with Crippen LogP contribution < -0.4 is 16.0 Å². The first kappa shape index (κ1) is 29.7. The van der Waals surface area contributed by atoms with Crippen LogP contribution in [-0.4, -0.2) is 89.9 Å². The van der Waals surface area contributed by atoms with Crippen molar-refractivity contribution in [2.45, 2.75) is 31.3 Å². The molecular weight excluding hydrogens is 767 g/mol. The lowest BCUT2D eigenvalue weighted by atomic mass is 10.0. The second kappa shape index (κ2) is 13.5. The standard InChI is InChI=1S/C18H24I3N3O8/c1-6(26)24-14-12(20)9(17(30)23-3)11(19)10(13(14)21)18(31)32-8(5-25)16(29)15(28)7(27)4-22-2/h7-8,15-16,22,25,27-29H,4-5H2,1-3H3,(H,23,30)(H,24,26)/t7-,8+,15+,16+/m0/s1. The first-order chi connectivity index (χ1) is 14.9. The van der Waals surface area contributed by atoms with E-state index in [9.17, 15) is 34.8 Å². The van der Waals surface area contributed by atoms with Crippen LogP contribution in [-0.2, 0) is 9.53 Å². The summed E-state index contributed by atoms with van der Waals surface area (Å²) in [5.74, 6) is -1.92. The van der Waals surface area contributed by atoms with E-state index in [-0.39, 0.29) is 30.5 Å². The number of ether oxygens (including phenoxy) is 1. The highest BCUT2D eigenvalue weighted by Gasteiger charge is 2.35. The number of aliphatic hydroxyl groups is 4. The normalized spacial score (nSPS) is 14.8. The van der Waals surface area contributed by atoms with Crippen LogP contribution in [0, 0.1) is 10.7 Å². The third kappa shape index (κ3) is 7.06. The highest BCUT2D eigenvalue weighted by molar-refractivity contribution is 14.1. The third-order valence-electron chi connectivity index (χ3n) is 4.25. The minimum atomic E-state index is -1.79. The van der Waals surface area contributed by atoms with Crippen molar-refractivity contribution in [1.82, 2.24) is 10.6 Å². The van der Waals surface area contributed by atoms with Crippen LogP contribution in [0.2, 0.25) is 0 Å². The lowest BCUT2D eigenvalue weighted by Gasteiger charge is -2.28. The van der Waals surface area contributed by atoms with Crippen molar-refractivity contribution >= 4 is 91.2 Å². The van der Waals surface area contributed by atoms with Crippen molar-refractivity contribution in [3.05, 3.63) is 21.8 Å². The SMILES string of the molecule is CNC[C@H](O)[C@@H](O)[C@H](O)[C@@H](CO)OC(=O)c1c(I)c(NC(C)=O)c(I)c(C(=O)NC)c1I. The minimum Gasteiger partial charge on any atom is -0.453 e. The largest absolute Gasteiger partial charge is 0.453 e. The van der Waals surface area contributed by atoms with Crippen molar-refractivity contribution < 1.29 is 39.5 Å². The zero-order valence-corrected chi connectivity index (χ0v) is 23.8. The molecule has 0 radical (unpaired) electrons. The van der Waals surface area contributed by atoms with Crippen LogP contribution in [0.1, 0.15) is 27.6 Å². The Hall–Kier alpha value is -0.380. The van der Waals surface area contributed by atoms with Crippen LogP contribution in [0.15, 0.2) is 0 Å². The van der Waals surface area contributed by atoms with Gasteiger partial charge in [0.15, 0.2) is 6.10 Å². The Morgan fingerprint density at radius 1 is 0.969 bits per heavy atom. The van der Waals surface area contributed by atoms with Crippen molar-refractivity contribution in [2.24, 2.45) is 0 Å². The fourth-order valence-electron chi connectivity index (χ4n) is 2.64. The number of rotatable bonds is 10. The summed E-state index contributed by atoms with van der Waals surface area (Å²) < 4.78 is 6.17. The molecule has 0 unspecified atom stereocenters. The number of aliphatic hydroxyl groups excluding tert-OH is 4.